The molecule has 3 heterocycles. The average molecular weight is 479 g/mol. The number of hydrogen-bond acceptors (Lipinski definition) is 10. The number of oxazole rings is 1. The van der Waals surface area contributed by atoms with Crippen LogP contribution in [0.4, 0.5) is 0 Å². The van der Waals surface area contributed by atoms with Crippen LogP contribution in [0.1, 0.15) is 92.0 Å². The third-order valence-corrected chi connectivity index (χ3v) is 6.40. The van der Waals surface area contributed by atoms with Crippen molar-refractivity contribution in [2.45, 2.75) is 45.8 Å². The van der Waals surface area contributed by atoms with Gasteiger partial charge in [0.05, 0.1) is 18.1 Å². The van der Waals surface area contributed by atoms with Gasteiger partial charge in [0.1, 0.15) is 21.5 Å². The number of rotatable bonds is 8. The number of nitrogens with one attached hydrogen (secondary N) is 2. The highest BCUT2D eigenvalue weighted by Crippen LogP contribution is 2.22. The molecule has 0 aliphatic rings. The number of carbonyl (C=O) groups excluding carboxylic acids is 2. The van der Waals surface area contributed by atoms with Crippen molar-refractivity contribution in [1.82, 2.24) is 25.6 Å². The maximum absolute atomic E-state index is 12.6. The van der Waals surface area contributed by atoms with E-state index in [0.29, 0.717) is 15.8 Å². The zero-order valence-corrected chi connectivity index (χ0v) is 19.3. The summed E-state index contributed by atoms with van der Waals surface area (Å²) in [5.74, 6) is -1.35. The number of hydrogen-bond donors (Lipinski definition) is 4. The number of carboxylic acid groups (broad SMARTS) is 1. The Balaban J connectivity index is 1.63. The topological polar surface area (TPSA) is 173 Å². The largest absolute Gasteiger partial charge is 0.476 e. The van der Waals surface area contributed by atoms with Crippen molar-refractivity contribution in [2.24, 2.45) is 5.73 Å². The Morgan fingerprint density at radius 3 is 2.00 bits per heavy atom. The smallest absolute Gasteiger partial charge is 0.355 e. The Morgan fingerprint density at radius 1 is 0.969 bits per heavy atom. The second-order valence-electron chi connectivity index (χ2n) is 7.08. The minimum absolute atomic E-state index is 0.0676. The number of thiazole rings is 2. The monoisotopic (exact) mass is 478 g/mol. The second-order valence-corrected chi connectivity index (χ2v) is 8.86. The summed E-state index contributed by atoms with van der Waals surface area (Å²) in [5.41, 5.74) is 6.01. The van der Waals surface area contributed by atoms with Crippen molar-refractivity contribution in [3.63, 3.8) is 0 Å². The van der Waals surface area contributed by atoms with Crippen molar-refractivity contribution < 1.29 is 23.9 Å². The summed E-state index contributed by atoms with van der Waals surface area (Å²) >= 11 is 2.38. The van der Waals surface area contributed by atoms with Gasteiger partial charge in [-0.1, -0.05) is 0 Å². The number of aromatic nitrogens is 3. The summed E-state index contributed by atoms with van der Waals surface area (Å²) in [7, 11) is 0. The van der Waals surface area contributed by atoms with E-state index in [1.165, 1.54) is 16.7 Å². The predicted molar refractivity (Wildman–Crippen MR) is 117 cm³/mol. The summed E-state index contributed by atoms with van der Waals surface area (Å²) in [4.78, 5) is 48.5. The number of nitrogens with zero attached hydrogens (tertiary/aromatic N) is 3. The van der Waals surface area contributed by atoms with Crippen LogP contribution in [0.5, 0.6) is 0 Å². The lowest BCUT2D eigenvalue weighted by Gasteiger charge is -2.11. The number of amides is 2. The van der Waals surface area contributed by atoms with Crippen LogP contribution in [-0.4, -0.2) is 37.8 Å². The summed E-state index contributed by atoms with van der Waals surface area (Å²) in [6.45, 7) is 6.78. The Bertz CT molecular complexity index is 1150. The molecule has 0 saturated heterocycles. The van der Waals surface area contributed by atoms with Crippen molar-refractivity contribution in [2.75, 3.05) is 0 Å². The van der Waals surface area contributed by atoms with Gasteiger partial charge in [-0.15, -0.1) is 22.7 Å². The molecule has 2 amide bonds. The maximum atomic E-state index is 12.6. The normalized spacial score (nSPS) is 13.9. The summed E-state index contributed by atoms with van der Waals surface area (Å²) in [5, 5.41) is 18.5. The second kappa shape index (κ2) is 9.54. The molecular formula is C19H22N6O5S2. The van der Waals surface area contributed by atoms with Gasteiger partial charge in [0, 0.05) is 10.8 Å². The lowest BCUT2D eigenvalue weighted by molar-refractivity contribution is 0.0690. The first-order chi connectivity index (χ1) is 15.1. The first-order valence-electron chi connectivity index (χ1n) is 9.55. The van der Waals surface area contributed by atoms with Crippen LogP contribution in [0.3, 0.4) is 0 Å². The third kappa shape index (κ3) is 5.18. The Labute approximate surface area is 191 Å². The molecule has 0 spiro atoms. The van der Waals surface area contributed by atoms with Gasteiger partial charge >= 0.3 is 5.97 Å². The lowest BCUT2D eigenvalue weighted by Crippen LogP contribution is -2.28. The van der Waals surface area contributed by atoms with Gasteiger partial charge in [-0.25, -0.2) is 19.7 Å². The van der Waals surface area contributed by atoms with Gasteiger partial charge in [-0.2, -0.15) is 0 Å². The van der Waals surface area contributed by atoms with Gasteiger partial charge < -0.3 is 25.9 Å². The summed E-state index contributed by atoms with van der Waals surface area (Å²) < 4.78 is 5.41. The van der Waals surface area contributed by atoms with Gasteiger partial charge in [0.15, 0.2) is 11.4 Å². The van der Waals surface area contributed by atoms with Crippen LogP contribution in [-0.2, 0) is 0 Å². The fourth-order valence-corrected chi connectivity index (χ4v) is 4.26. The highest BCUT2D eigenvalue weighted by Gasteiger charge is 2.23. The van der Waals surface area contributed by atoms with E-state index in [0.717, 1.165) is 11.3 Å². The standard InChI is InChI=1S/C19H22N6O5S2/c1-7(20)16-25-13(10(4)30-16)15(27)22-9(3)17-23-11(5-31-17)14(26)21-8(2)18-24-12(6-32-18)19(28)29/h5-9H,20H2,1-4H3,(H,21,26)(H,22,27)(H,28,29)/t7-,8+,9-/m1/s1. The quantitative estimate of drug-likeness (QED) is 0.379. The summed E-state index contributed by atoms with van der Waals surface area (Å²) in [6, 6.07) is -1.40. The molecule has 170 valence electrons. The molecule has 11 nitrogen and oxygen atoms in total. The van der Waals surface area contributed by atoms with E-state index in [4.69, 9.17) is 15.3 Å². The lowest BCUT2D eigenvalue weighted by atomic mass is 10.3. The van der Waals surface area contributed by atoms with Crippen LogP contribution in [0.15, 0.2) is 15.2 Å². The van der Waals surface area contributed by atoms with Crippen LogP contribution < -0.4 is 16.4 Å². The maximum Gasteiger partial charge on any atom is 0.355 e. The molecule has 3 aromatic rings. The van der Waals surface area contributed by atoms with Crippen LogP contribution in [0, 0.1) is 6.92 Å². The number of carbonyl (C=O) groups is 3. The highest BCUT2D eigenvalue weighted by molar-refractivity contribution is 7.10. The van der Waals surface area contributed by atoms with Crippen molar-refractivity contribution in [1.29, 1.82) is 0 Å². The number of carboxylic acids is 1. The van der Waals surface area contributed by atoms with E-state index >= 15 is 0 Å². The first-order valence-corrected chi connectivity index (χ1v) is 11.3. The van der Waals surface area contributed by atoms with Crippen molar-refractivity contribution in [3.05, 3.63) is 49.5 Å². The minimum Gasteiger partial charge on any atom is -0.476 e. The molecular weight excluding hydrogens is 456 g/mol. The molecule has 0 unspecified atom stereocenters. The minimum atomic E-state index is -1.12. The number of aromatic carboxylic acids is 1. The van der Waals surface area contributed by atoms with Gasteiger partial charge in [0.25, 0.3) is 11.8 Å². The third-order valence-electron chi connectivity index (χ3n) is 4.35. The van der Waals surface area contributed by atoms with Gasteiger partial charge in [0.2, 0.25) is 5.89 Å². The zero-order valence-electron chi connectivity index (χ0n) is 17.7. The van der Waals surface area contributed by atoms with E-state index in [9.17, 15) is 14.4 Å². The number of nitrogens with two attached hydrogens (primary N) is 1. The van der Waals surface area contributed by atoms with Gasteiger partial charge in [-0.3, -0.25) is 9.59 Å². The SMILES string of the molecule is Cc1oc([C@@H](C)N)nc1C(=O)N[C@H](C)c1nc(C(=O)N[C@@H](C)c2nc(C(=O)O)cs2)cs1. The van der Waals surface area contributed by atoms with E-state index < -0.39 is 35.9 Å². The molecule has 0 bridgehead atoms. The Morgan fingerprint density at radius 2 is 1.50 bits per heavy atom. The van der Waals surface area contributed by atoms with Crippen LogP contribution in [0.2, 0.25) is 0 Å². The summed E-state index contributed by atoms with van der Waals surface area (Å²) in [6.07, 6.45) is 0. The molecule has 3 aromatic heterocycles. The van der Waals surface area contributed by atoms with Crippen LogP contribution in [0.25, 0.3) is 0 Å². The fourth-order valence-electron chi connectivity index (χ4n) is 2.66. The molecule has 5 N–H and O–H groups in total. The van der Waals surface area contributed by atoms with Crippen molar-refractivity contribution >= 4 is 40.5 Å². The molecule has 32 heavy (non-hydrogen) atoms. The fraction of sp³-hybridized carbons (Fsp3) is 0.368. The molecule has 0 aromatic carbocycles. The van der Waals surface area contributed by atoms with Gasteiger partial charge in [-0.05, 0) is 27.7 Å². The Kier molecular flexibility index (Phi) is 7.01. The molecule has 0 fully saturated rings. The predicted octanol–water partition coefficient (Wildman–Crippen LogP) is 2.60. The van der Waals surface area contributed by atoms with Crippen molar-refractivity contribution in [3.8, 4) is 0 Å². The first kappa shape index (κ1) is 23.5. The molecule has 0 saturated carbocycles. The van der Waals surface area contributed by atoms with Crippen LogP contribution >= 0.6 is 22.7 Å². The van der Waals surface area contributed by atoms with E-state index in [1.807, 2.05) is 0 Å². The van der Waals surface area contributed by atoms with E-state index in [1.54, 1.807) is 33.1 Å². The Hall–Kier alpha value is -3.16. The van der Waals surface area contributed by atoms with E-state index in [-0.39, 0.29) is 23.0 Å². The molecule has 0 radical (unpaired) electrons. The molecule has 3 atom stereocenters. The average Bonchev–Trinajstić information content (AvgIpc) is 3.46. The zero-order chi connectivity index (χ0) is 23.6. The highest BCUT2D eigenvalue weighted by atomic mass is 32.1. The molecule has 13 heteroatoms. The van der Waals surface area contributed by atoms with E-state index in [2.05, 4.69) is 25.6 Å². The molecule has 3 rings (SSSR count). The molecule has 0 aliphatic heterocycles. The molecule has 0 aliphatic carbocycles. The number of aryl methyl sites for hydroxylation is 1.